The van der Waals surface area contributed by atoms with Gasteiger partial charge in [0.25, 0.3) is 17.7 Å². The standard InChI is InChI=1S/C21H24ClN3O3/c1-13(2)12-18(23-19(26)15-8-10-17(22)11-9-15)21(28)25-24-20(27)16-6-4-14(3)5-7-16/h4-11,13,18H,12H2,1-3H3,(H,23,26)(H,24,27)(H,25,28)/t18-/m0/s1. The van der Waals surface area contributed by atoms with Gasteiger partial charge in [-0.15, -0.1) is 0 Å². The monoisotopic (exact) mass is 401 g/mol. The second-order valence-electron chi connectivity index (χ2n) is 6.97. The molecule has 0 radical (unpaired) electrons. The number of hydrogen-bond acceptors (Lipinski definition) is 3. The number of halogens is 1. The number of benzene rings is 2. The quantitative estimate of drug-likeness (QED) is 0.649. The molecule has 7 heteroatoms. The van der Waals surface area contributed by atoms with Gasteiger partial charge in [-0.3, -0.25) is 25.2 Å². The largest absolute Gasteiger partial charge is 0.340 e. The second-order valence-corrected chi connectivity index (χ2v) is 7.41. The van der Waals surface area contributed by atoms with Gasteiger partial charge in [0.1, 0.15) is 6.04 Å². The Morgan fingerprint density at radius 3 is 1.96 bits per heavy atom. The van der Waals surface area contributed by atoms with Crippen molar-refractivity contribution in [2.75, 3.05) is 0 Å². The third-order valence-corrected chi connectivity index (χ3v) is 4.30. The minimum atomic E-state index is -0.790. The Kier molecular flexibility index (Phi) is 7.58. The molecule has 2 rings (SSSR count). The lowest BCUT2D eigenvalue weighted by Gasteiger charge is -2.20. The Morgan fingerprint density at radius 1 is 0.857 bits per heavy atom. The molecule has 148 valence electrons. The molecule has 0 spiro atoms. The fourth-order valence-corrected chi connectivity index (χ4v) is 2.65. The summed E-state index contributed by atoms with van der Waals surface area (Å²) in [7, 11) is 0. The highest BCUT2D eigenvalue weighted by molar-refractivity contribution is 6.30. The van der Waals surface area contributed by atoms with Crippen LogP contribution < -0.4 is 16.2 Å². The van der Waals surface area contributed by atoms with Crippen LogP contribution in [0.2, 0.25) is 5.02 Å². The molecule has 2 aromatic rings. The summed E-state index contributed by atoms with van der Waals surface area (Å²) in [5.41, 5.74) is 6.63. The molecule has 0 aliphatic heterocycles. The Morgan fingerprint density at radius 2 is 1.39 bits per heavy atom. The van der Waals surface area contributed by atoms with E-state index in [-0.39, 0.29) is 11.8 Å². The van der Waals surface area contributed by atoms with Crippen LogP contribution in [0.1, 0.15) is 46.5 Å². The lowest BCUT2D eigenvalue weighted by Crippen LogP contribution is -2.52. The zero-order chi connectivity index (χ0) is 20.7. The minimum Gasteiger partial charge on any atom is -0.340 e. The van der Waals surface area contributed by atoms with Gasteiger partial charge in [-0.2, -0.15) is 0 Å². The van der Waals surface area contributed by atoms with Crippen LogP contribution in [-0.4, -0.2) is 23.8 Å². The fraction of sp³-hybridized carbons (Fsp3) is 0.286. The highest BCUT2D eigenvalue weighted by atomic mass is 35.5. The average Bonchev–Trinajstić information content (AvgIpc) is 2.66. The van der Waals surface area contributed by atoms with Crippen molar-refractivity contribution in [1.29, 1.82) is 0 Å². The van der Waals surface area contributed by atoms with Crippen LogP contribution in [0, 0.1) is 12.8 Å². The summed E-state index contributed by atoms with van der Waals surface area (Å²) >= 11 is 5.84. The first-order chi connectivity index (χ1) is 13.3. The number of carbonyl (C=O) groups excluding carboxylic acids is 3. The number of aryl methyl sites for hydroxylation is 1. The molecular weight excluding hydrogens is 378 g/mol. The van der Waals surface area contributed by atoms with Crippen LogP contribution in [0.4, 0.5) is 0 Å². The van der Waals surface area contributed by atoms with Crippen molar-refractivity contribution in [3.63, 3.8) is 0 Å². The Hall–Kier alpha value is -2.86. The first-order valence-electron chi connectivity index (χ1n) is 8.99. The molecule has 3 amide bonds. The van der Waals surface area contributed by atoms with Gasteiger partial charge in [0.15, 0.2) is 0 Å². The summed E-state index contributed by atoms with van der Waals surface area (Å²) in [4.78, 5) is 37.1. The zero-order valence-corrected chi connectivity index (χ0v) is 16.8. The van der Waals surface area contributed by atoms with E-state index < -0.39 is 17.9 Å². The van der Waals surface area contributed by atoms with Crippen molar-refractivity contribution < 1.29 is 14.4 Å². The van der Waals surface area contributed by atoms with Gasteiger partial charge in [-0.1, -0.05) is 43.1 Å². The lowest BCUT2D eigenvalue weighted by molar-refractivity contribution is -0.124. The van der Waals surface area contributed by atoms with Crippen molar-refractivity contribution in [2.24, 2.45) is 5.92 Å². The van der Waals surface area contributed by atoms with Gasteiger partial charge in [0, 0.05) is 16.1 Å². The summed E-state index contributed by atoms with van der Waals surface area (Å²) in [6, 6.07) is 12.6. The normalized spacial score (nSPS) is 11.6. The lowest BCUT2D eigenvalue weighted by atomic mass is 10.0. The highest BCUT2D eigenvalue weighted by Gasteiger charge is 2.23. The van der Waals surface area contributed by atoms with Crippen LogP contribution >= 0.6 is 11.6 Å². The van der Waals surface area contributed by atoms with E-state index in [1.165, 1.54) is 0 Å². The molecule has 0 aromatic heterocycles. The Bertz CT molecular complexity index is 833. The van der Waals surface area contributed by atoms with Crippen molar-refractivity contribution >= 4 is 29.3 Å². The molecule has 0 aliphatic carbocycles. The molecule has 0 saturated carbocycles. The molecule has 28 heavy (non-hydrogen) atoms. The number of hydrogen-bond donors (Lipinski definition) is 3. The van der Waals surface area contributed by atoms with Gasteiger partial charge >= 0.3 is 0 Å². The summed E-state index contributed by atoms with van der Waals surface area (Å²) in [6.07, 6.45) is 0.422. The van der Waals surface area contributed by atoms with E-state index in [0.717, 1.165) is 5.56 Å². The van der Waals surface area contributed by atoms with Crippen LogP contribution in [0.15, 0.2) is 48.5 Å². The number of carbonyl (C=O) groups is 3. The molecule has 6 nitrogen and oxygen atoms in total. The molecular formula is C21H24ClN3O3. The van der Waals surface area contributed by atoms with Gasteiger partial charge in [-0.05, 0) is 55.7 Å². The average molecular weight is 402 g/mol. The highest BCUT2D eigenvalue weighted by Crippen LogP contribution is 2.11. The summed E-state index contributed by atoms with van der Waals surface area (Å²) in [6.45, 7) is 5.81. The first-order valence-corrected chi connectivity index (χ1v) is 9.37. The molecule has 3 N–H and O–H groups in total. The fourth-order valence-electron chi connectivity index (χ4n) is 2.53. The molecule has 0 aliphatic rings. The van der Waals surface area contributed by atoms with Gasteiger partial charge in [0.2, 0.25) is 0 Å². The molecule has 0 bridgehead atoms. The first kappa shape index (κ1) is 21.4. The van der Waals surface area contributed by atoms with Crippen molar-refractivity contribution in [2.45, 2.75) is 33.2 Å². The summed E-state index contributed by atoms with van der Waals surface area (Å²) in [5, 5.41) is 3.23. The Balaban J connectivity index is 1.99. The molecule has 1 atom stereocenters. The number of rotatable bonds is 6. The molecule has 2 aromatic carbocycles. The topological polar surface area (TPSA) is 87.3 Å². The maximum absolute atomic E-state index is 12.5. The van der Waals surface area contributed by atoms with Gasteiger partial charge in [-0.25, -0.2) is 0 Å². The van der Waals surface area contributed by atoms with Crippen LogP contribution in [0.5, 0.6) is 0 Å². The maximum Gasteiger partial charge on any atom is 0.269 e. The van der Waals surface area contributed by atoms with E-state index in [9.17, 15) is 14.4 Å². The third-order valence-electron chi connectivity index (χ3n) is 4.05. The van der Waals surface area contributed by atoms with Crippen LogP contribution in [-0.2, 0) is 4.79 Å². The summed E-state index contributed by atoms with van der Waals surface area (Å²) in [5.74, 6) is -1.14. The SMILES string of the molecule is Cc1ccc(C(=O)NNC(=O)[C@H](CC(C)C)NC(=O)c2ccc(Cl)cc2)cc1. The van der Waals surface area contributed by atoms with Gasteiger partial charge < -0.3 is 5.32 Å². The predicted octanol–water partition coefficient (Wildman–Crippen LogP) is 3.25. The minimum absolute atomic E-state index is 0.161. The summed E-state index contributed by atoms with van der Waals surface area (Å²) < 4.78 is 0. The van der Waals surface area contributed by atoms with Crippen molar-refractivity contribution in [1.82, 2.24) is 16.2 Å². The van der Waals surface area contributed by atoms with E-state index in [2.05, 4.69) is 16.2 Å². The Labute approximate surface area is 169 Å². The van der Waals surface area contributed by atoms with E-state index in [4.69, 9.17) is 11.6 Å². The van der Waals surface area contributed by atoms with Crippen molar-refractivity contribution in [3.05, 3.63) is 70.2 Å². The third kappa shape index (κ3) is 6.39. The number of hydrazine groups is 1. The second kappa shape index (κ2) is 9.90. The van der Waals surface area contributed by atoms with E-state index >= 15 is 0 Å². The number of nitrogens with one attached hydrogen (secondary N) is 3. The predicted molar refractivity (Wildman–Crippen MR) is 109 cm³/mol. The zero-order valence-electron chi connectivity index (χ0n) is 16.1. The van der Waals surface area contributed by atoms with Crippen LogP contribution in [0.3, 0.4) is 0 Å². The van der Waals surface area contributed by atoms with E-state index in [0.29, 0.717) is 22.6 Å². The number of amides is 3. The van der Waals surface area contributed by atoms with E-state index in [1.54, 1.807) is 36.4 Å². The van der Waals surface area contributed by atoms with Gasteiger partial charge in [0.05, 0.1) is 0 Å². The van der Waals surface area contributed by atoms with E-state index in [1.807, 2.05) is 32.9 Å². The smallest absolute Gasteiger partial charge is 0.269 e. The molecule has 0 saturated heterocycles. The van der Waals surface area contributed by atoms with Crippen molar-refractivity contribution in [3.8, 4) is 0 Å². The van der Waals surface area contributed by atoms with Crippen LogP contribution in [0.25, 0.3) is 0 Å². The molecule has 0 heterocycles. The molecule has 0 unspecified atom stereocenters. The molecule has 0 fully saturated rings. The maximum atomic E-state index is 12.5.